The summed E-state index contributed by atoms with van der Waals surface area (Å²) in [5.41, 5.74) is 1.18. The van der Waals surface area contributed by atoms with Gasteiger partial charge in [-0.25, -0.2) is 0 Å². The maximum atomic E-state index is 12.7. The van der Waals surface area contributed by atoms with Crippen LogP contribution >= 0.6 is 15.9 Å². The minimum atomic E-state index is -4.92. The zero-order valence-corrected chi connectivity index (χ0v) is 9.50. The maximum Gasteiger partial charge on any atom is 0.418 e. The Morgan fingerprint density at radius 2 is 1.94 bits per heavy atom. The Morgan fingerprint density at radius 1 is 1.41 bits per heavy atom. The lowest BCUT2D eigenvalue weighted by Gasteiger charge is -2.12. The van der Waals surface area contributed by atoms with E-state index in [0.717, 1.165) is 12.1 Å². The molecular formula is C8H4BrF3N2O3. The van der Waals surface area contributed by atoms with Gasteiger partial charge in [0.05, 0.1) is 10.5 Å². The molecule has 92 valence electrons. The van der Waals surface area contributed by atoms with E-state index >= 15 is 0 Å². The molecule has 0 unspecified atom stereocenters. The average molecular weight is 313 g/mol. The molecule has 0 aliphatic carbocycles. The van der Waals surface area contributed by atoms with Crippen LogP contribution in [0.3, 0.4) is 0 Å². The lowest BCUT2D eigenvalue weighted by molar-refractivity contribution is -0.385. The van der Waals surface area contributed by atoms with Gasteiger partial charge in [-0.2, -0.15) is 13.2 Å². The van der Waals surface area contributed by atoms with Crippen molar-refractivity contribution < 1.29 is 22.9 Å². The Morgan fingerprint density at radius 3 is 2.29 bits per heavy atom. The highest BCUT2D eigenvalue weighted by atomic mass is 79.9. The molecule has 0 radical (unpaired) electrons. The third-order valence-electron chi connectivity index (χ3n) is 1.86. The zero-order chi connectivity index (χ0) is 13.4. The maximum absolute atomic E-state index is 12.7. The van der Waals surface area contributed by atoms with Crippen LogP contribution in [0, 0.1) is 10.1 Å². The molecule has 0 bridgehead atoms. The average Bonchev–Trinajstić information content (AvgIpc) is 2.14. The predicted molar refractivity (Wildman–Crippen MR) is 54.3 cm³/mol. The molecule has 0 aromatic heterocycles. The molecule has 0 aliphatic heterocycles. The Labute approximate surface area is 101 Å². The molecule has 17 heavy (non-hydrogen) atoms. The second-order valence-electron chi connectivity index (χ2n) is 2.94. The van der Waals surface area contributed by atoms with E-state index in [2.05, 4.69) is 15.9 Å². The van der Waals surface area contributed by atoms with Crippen LogP contribution < -0.4 is 5.73 Å². The van der Waals surface area contributed by atoms with E-state index in [9.17, 15) is 28.1 Å². The zero-order valence-electron chi connectivity index (χ0n) is 7.92. The number of hydrogen-bond acceptors (Lipinski definition) is 3. The van der Waals surface area contributed by atoms with Crippen LogP contribution in [-0.4, -0.2) is 10.8 Å². The van der Waals surface area contributed by atoms with Crippen LogP contribution in [0.5, 0.6) is 0 Å². The monoisotopic (exact) mass is 312 g/mol. The summed E-state index contributed by atoms with van der Waals surface area (Å²) >= 11 is 2.58. The third kappa shape index (κ3) is 2.54. The molecule has 0 aliphatic rings. The number of rotatable bonds is 2. The van der Waals surface area contributed by atoms with E-state index in [-0.39, 0.29) is 0 Å². The van der Waals surface area contributed by atoms with Crippen LogP contribution in [0.1, 0.15) is 15.9 Å². The molecule has 1 amide bonds. The fourth-order valence-electron chi connectivity index (χ4n) is 1.24. The summed E-state index contributed by atoms with van der Waals surface area (Å²) < 4.78 is 37.5. The summed E-state index contributed by atoms with van der Waals surface area (Å²) in [5.74, 6) is -1.51. The summed E-state index contributed by atoms with van der Waals surface area (Å²) in [6.07, 6.45) is -4.92. The molecule has 0 spiro atoms. The van der Waals surface area contributed by atoms with E-state index in [0.29, 0.717) is 0 Å². The topological polar surface area (TPSA) is 86.2 Å². The SMILES string of the molecule is NC(=O)c1c([N+](=O)[O-])ccc(Br)c1C(F)(F)F. The van der Waals surface area contributed by atoms with Gasteiger partial charge in [0, 0.05) is 10.5 Å². The van der Waals surface area contributed by atoms with E-state index < -0.39 is 38.3 Å². The predicted octanol–water partition coefficient (Wildman–Crippen LogP) is 2.47. The Balaban J connectivity index is 3.73. The normalized spacial score (nSPS) is 11.3. The minimum Gasteiger partial charge on any atom is -0.365 e. The fraction of sp³-hybridized carbons (Fsp3) is 0.125. The van der Waals surface area contributed by atoms with Crippen molar-refractivity contribution in [3.8, 4) is 0 Å². The summed E-state index contributed by atoms with van der Waals surface area (Å²) in [6.45, 7) is 0. The van der Waals surface area contributed by atoms with Crippen LogP contribution in [0.2, 0.25) is 0 Å². The van der Waals surface area contributed by atoms with Gasteiger partial charge in [0.15, 0.2) is 0 Å². The van der Waals surface area contributed by atoms with E-state index in [1.165, 1.54) is 0 Å². The Bertz CT molecular complexity index is 502. The highest BCUT2D eigenvalue weighted by Gasteiger charge is 2.40. The van der Waals surface area contributed by atoms with Gasteiger partial charge in [0.1, 0.15) is 5.56 Å². The van der Waals surface area contributed by atoms with E-state index in [4.69, 9.17) is 5.73 Å². The number of halogens is 4. The molecule has 9 heteroatoms. The molecule has 0 heterocycles. The van der Waals surface area contributed by atoms with Crippen LogP contribution in [0.15, 0.2) is 16.6 Å². The molecule has 1 rings (SSSR count). The smallest absolute Gasteiger partial charge is 0.365 e. The van der Waals surface area contributed by atoms with Crippen LogP contribution in [-0.2, 0) is 6.18 Å². The second kappa shape index (κ2) is 4.32. The standard InChI is InChI=1S/C8H4BrF3N2O3/c9-3-1-2-4(14(16)17)5(7(13)15)6(3)8(10,11)12/h1-2H,(H2,13,15). The van der Waals surface area contributed by atoms with Crippen LogP contribution in [0.25, 0.3) is 0 Å². The second-order valence-corrected chi connectivity index (χ2v) is 3.79. The van der Waals surface area contributed by atoms with Crippen molar-refractivity contribution in [1.82, 2.24) is 0 Å². The number of benzene rings is 1. The van der Waals surface area contributed by atoms with Crippen LogP contribution in [0.4, 0.5) is 18.9 Å². The number of carbonyl (C=O) groups excluding carboxylic acids is 1. The number of hydrogen-bond donors (Lipinski definition) is 1. The van der Waals surface area contributed by atoms with Crippen molar-refractivity contribution in [3.05, 3.63) is 37.8 Å². The number of carbonyl (C=O) groups is 1. The van der Waals surface area contributed by atoms with Crippen molar-refractivity contribution in [1.29, 1.82) is 0 Å². The lowest BCUT2D eigenvalue weighted by atomic mass is 10.0. The number of nitro groups is 1. The van der Waals surface area contributed by atoms with Gasteiger partial charge in [0.25, 0.3) is 11.6 Å². The van der Waals surface area contributed by atoms with Gasteiger partial charge < -0.3 is 5.73 Å². The van der Waals surface area contributed by atoms with Gasteiger partial charge in [0.2, 0.25) is 0 Å². The van der Waals surface area contributed by atoms with Gasteiger partial charge in [-0.05, 0) is 6.07 Å². The molecule has 1 aromatic carbocycles. The molecule has 1 aromatic rings. The molecule has 0 saturated carbocycles. The molecule has 0 fully saturated rings. The van der Waals surface area contributed by atoms with Crippen molar-refractivity contribution in [2.45, 2.75) is 6.18 Å². The highest BCUT2D eigenvalue weighted by molar-refractivity contribution is 9.10. The summed E-state index contributed by atoms with van der Waals surface area (Å²) in [7, 11) is 0. The number of amides is 1. The number of nitrogens with two attached hydrogens (primary N) is 1. The molecule has 5 nitrogen and oxygen atoms in total. The van der Waals surface area contributed by atoms with Crippen molar-refractivity contribution in [3.63, 3.8) is 0 Å². The van der Waals surface area contributed by atoms with Gasteiger partial charge in [-0.1, -0.05) is 15.9 Å². The van der Waals surface area contributed by atoms with E-state index in [1.807, 2.05) is 0 Å². The first-order valence-corrected chi connectivity index (χ1v) is 4.79. The quantitative estimate of drug-likeness (QED) is 0.672. The summed E-state index contributed by atoms with van der Waals surface area (Å²) in [5, 5.41) is 10.5. The summed E-state index contributed by atoms with van der Waals surface area (Å²) in [6, 6.07) is 1.62. The van der Waals surface area contributed by atoms with Gasteiger partial charge in [-0.3, -0.25) is 14.9 Å². The van der Waals surface area contributed by atoms with Crippen molar-refractivity contribution in [2.24, 2.45) is 5.73 Å². The number of alkyl halides is 3. The first-order valence-electron chi connectivity index (χ1n) is 4.00. The molecule has 0 saturated heterocycles. The molecule has 0 atom stereocenters. The number of nitro benzene ring substituents is 1. The third-order valence-corrected chi connectivity index (χ3v) is 2.52. The molecule has 2 N–H and O–H groups in total. The first-order chi connectivity index (χ1) is 7.66. The fourth-order valence-corrected chi connectivity index (χ4v) is 1.80. The van der Waals surface area contributed by atoms with Gasteiger partial charge in [-0.15, -0.1) is 0 Å². The molecular weight excluding hydrogens is 309 g/mol. The van der Waals surface area contributed by atoms with Crippen molar-refractivity contribution in [2.75, 3.05) is 0 Å². The van der Waals surface area contributed by atoms with Crippen molar-refractivity contribution >= 4 is 27.5 Å². The minimum absolute atomic E-state index is 0.482. The van der Waals surface area contributed by atoms with E-state index in [1.54, 1.807) is 0 Å². The number of nitrogens with zero attached hydrogens (tertiary/aromatic N) is 1. The largest absolute Gasteiger partial charge is 0.418 e. The highest BCUT2D eigenvalue weighted by Crippen LogP contribution is 2.40. The Hall–Kier alpha value is -1.64. The first kappa shape index (κ1) is 13.4. The Kier molecular flexibility index (Phi) is 3.41. The summed E-state index contributed by atoms with van der Waals surface area (Å²) in [4.78, 5) is 20.4. The van der Waals surface area contributed by atoms with Gasteiger partial charge >= 0.3 is 6.18 Å². The lowest BCUT2D eigenvalue weighted by Crippen LogP contribution is -2.21. The number of primary amides is 1.